The number of carbonyl (C=O) groups is 1. The highest BCUT2D eigenvalue weighted by Crippen LogP contribution is 2.21. The summed E-state index contributed by atoms with van der Waals surface area (Å²) < 4.78 is 0. The Morgan fingerprint density at radius 3 is 2.62 bits per heavy atom. The van der Waals surface area contributed by atoms with Crippen molar-refractivity contribution in [1.29, 1.82) is 0 Å². The first kappa shape index (κ1) is 17.2. The molecular formula is C19H29N3O2. The average Bonchev–Trinajstić information content (AvgIpc) is 2.95. The van der Waals surface area contributed by atoms with Gasteiger partial charge in [0.2, 0.25) is 0 Å². The second kappa shape index (κ2) is 7.99. The van der Waals surface area contributed by atoms with Gasteiger partial charge < -0.3 is 15.3 Å². The molecule has 132 valence electrons. The molecule has 0 saturated carbocycles. The molecule has 2 unspecified atom stereocenters. The van der Waals surface area contributed by atoms with Crippen molar-refractivity contribution in [3.8, 4) is 0 Å². The van der Waals surface area contributed by atoms with Gasteiger partial charge in [-0.3, -0.25) is 4.90 Å². The summed E-state index contributed by atoms with van der Waals surface area (Å²) in [5.41, 5.74) is 1.32. The van der Waals surface area contributed by atoms with Gasteiger partial charge in [0.1, 0.15) is 0 Å². The van der Waals surface area contributed by atoms with Crippen LogP contribution in [0, 0.1) is 5.92 Å². The Bertz CT molecular complexity index is 529. The molecule has 0 bridgehead atoms. The van der Waals surface area contributed by atoms with E-state index in [1.165, 1.54) is 5.56 Å². The molecule has 2 atom stereocenters. The van der Waals surface area contributed by atoms with Gasteiger partial charge in [-0.05, 0) is 37.7 Å². The molecule has 1 aromatic carbocycles. The van der Waals surface area contributed by atoms with E-state index in [1.807, 2.05) is 11.0 Å². The number of benzene rings is 1. The molecular weight excluding hydrogens is 302 g/mol. The number of urea groups is 1. The van der Waals surface area contributed by atoms with E-state index in [9.17, 15) is 9.90 Å². The van der Waals surface area contributed by atoms with Crippen LogP contribution in [-0.4, -0.2) is 59.3 Å². The molecule has 2 N–H and O–H groups in total. The van der Waals surface area contributed by atoms with Crippen molar-refractivity contribution in [2.75, 3.05) is 26.2 Å². The first-order valence-corrected chi connectivity index (χ1v) is 9.10. The largest absolute Gasteiger partial charge is 0.396 e. The maximum absolute atomic E-state index is 12.5. The van der Waals surface area contributed by atoms with Gasteiger partial charge in [-0.2, -0.15) is 0 Å². The van der Waals surface area contributed by atoms with Crippen molar-refractivity contribution in [1.82, 2.24) is 15.1 Å². The first-order chi connectivity index (χ1) is 11.7. The van der Waals surface area contributed by atoms with Crippen LogP contribution in [0.2, 0.25) is 0 Å². The summed E-state index contributed by atoms with van der Waals surface area (Å²) in [5.74, 6) is 0.363. The number of aliphatic hydroxyl groups is 1. The molecule has 1 aromatic rings. The summed E-state index contributed by atoms with van der Waals surface area (Å²) in [7, 11) is 0. The van der Waals surface area contributed by atoms with Crippen LogP contribution in [0.15, 0.2) is 30.3 Å². The van der Waals surface area contributed by atoms with E-state index in [0.717, 1.165) is 45.4 Å². The quantitative estimate of drug-likeness (QED) is 0.888. The highest BCUT2D eigenvalue weighted by atomic mass is 16.3. The third kappa shape index (κ3) is 4.28. The van der Waals surface area contributed by atoms with Crippen molar-refractivity contribution in [3.05, 3.63) is 35.9 Å². The van der Waals surface area contributed by atoms with Crippen molar-refractivity contribution >= 4 is 6.03 Å². The minimum atomic E-state index is 0.0603. The van der Waals surface area contributed by atoms with E-state index in [2.05, 4.69) is 41.4 Å². The van der Waals surface area contributed by atoms with E-state index in [4.69, 9.17) is 0 Å². The minimum absolute atomic E-state index is 0.0603. The maximum atomic E-state index is 12.5. The van der Waals surface area contributed by atoms with Gasteiger partial charge >= 0.3 is 6.03 Å². The van der Waals surface area contributed by atoms with Crippen LogP contribution in [-0.2, 0) is 6.54 Å². The molecule has 2 aliphatic heterocycles. The highest BCUT2D eigenvalue weighted by Gasteiger charge is 2.31. The molecule has 2 saturated heterocycles. The predicted molar refractivity (Wildman–Crippen MR) is 94.6 cm³/mol. The second-order valence-electron chi connectivity index (χ2n) is 7.26. The summed E-state index contributed by atoms with van der Waals surface area (Å²) in [6.45, 7) is 5.84. The Balaban J connectivity index is 1.47. The lowest BCUT2D eigenvalue weighted by molar-refractivity contribution is 0.135. The highest BCUT2D eigenvalue weighted by molar-refractivity contribution is 5.74. The second-order valence-corrected chi connectivity index (χ2v) is 7.26. The Kier molecular flexibility index (Phi) is 5.74. The lowest BCUT2D eigenvalue weighted by Crippen LogP contribution is -2.48. The predicted octanol–water partition coefficient (Wildman–Crippen LogP) is 2.06. The lowest BCUT2D eigenvalue weighted by atomic mass is 9.98. The van der Waals surface area contributed by atoms with E-state index in [1.54, 1.807) is 0 Å². The number of aliphatic hydroxyl groups excluding tert-OH is 1. The molecule has 2 amide bonds. The first-order valence-electron chi connectivity index (χ1n) is 9.10. The normalized spacial score (nSPS) is 25.8. The van der Waals surface area contributed by atoms with Crippen molar-refractivity contribution in [2.24, 2.45) is 5.92 Å². The van der Waals surface area contributed by atoms with Gasteiger partial charge in [0.25, 0.3) is 0 Å². The average molecular weight is 331 g/mol. The van der Waals surface area contributed by atoms with Gasteiger partial charge in [0.05, 0.1) is 0 Å². The van der Waals surface area contributed by atoms with Crippen LogP contribution in [0.4, 0.5) is 4.79 Å². The number of likely N-dealkylation sites (tertiary alicyclic amines) is 2. The van der Waals surface area contributed by atoms with Crippen LogP contribution in [0.5, 0.6) is 0 Å². The number of carbonyl (C=O) groups excluding carboxylic acids is 1. The van der Waals surface area contributed by atoms with Crippen molar-refractivity contribution in [3.63, 3.8) is 0 Å². The monoisotopic (exact) mass is 331 g/mol. The van der Waals surface area contributed by atoms with Gasteiger partial charge in [0, 0.05) is 44.9 Å². The Hall–Kier alpha value is -1.59. The number of nitrogens with one attached hydrogen (secondary N) is 1. The SMILES string of the molecule is CC1CC(NC(=O)N2CCC(CO)CC2)CN1Cc1ccccc1. The molecule has 0 aliphatic carbocycles. The molecule has 5 nitrogen and oxygen atoms in total. The van der Waals surface area contributed by atoms with Crippen molar-refractivity contribution in [2.45, 2.75) is 44.8 Å². The van der Waals surface area contributed by atoms with Crippen LogP contribution in [0.25, 0.3) is 0 Å². The van der Waals surface area contributed by atoms with Crippen LogP contribution < -0.4 is 5.32 Å². The fourth-order valence-electron chi connectivity index (χ4n) is 3.83. The summed E-state index contributed by atoms with van der Waals surface area (Å²) in [6.07, 6.45) is 2.82. The summed E-state index contributed by atoms with van der Waals surface area (Å²) in [4.78, 5) is 16.8. The minimum Gasteiger partial charge on any atom is -0.396 e. The molecule has 3 rings (SSSR count). The summed E-state index contributed by atoms with van der Waals surface area (Å²) in [5, 5.41) is 12.4. The number of hydrogen-bond donors (Lipinski definition) is 2. The standard InChI is InChI=1S/C19H29N3O2/c1-15-11-18(13-22(15)12-16-5-3-2-4-6-16)20-19(24)21-9-7-17(14-23)8-10-21/h2-6,15,17-18,23H,7-14H2,1H3,(H,20,24). The number of rotatable bonds is 4. The fraction of sp³-hybridized carbons (Fsp3) is 0.632. The number of hydrogen-bond acceptors (Lipinski definition) is 3. The summed E-state index contributed by atoms with van der Waals surface area (Å²) >= 11 is 0. The third-order valence-corrected chi connectivity index (χ3v) is 5.42. The van der Waals surface area contributed by atoms with Crippen molar-refractivity contribution < 1.29 is 9.90 Å². The van der Waals surface area contributed by atoms with E-state index >= 15 is 0 Å². The van der Waals surface area contributed by atoms with Crippen LogP contribution in [0.3, 0.4) is 0 Å². The molecule has 2 fully saturated rings. The number of piperidine rings is 1. The Labute approximate surface area is 144 Å². The van der Waals surface area contributed by atoms with Crippen LogP contribution in [0.1, 0.15) is 31.7 Å². The van der Waals surface area contributed by atoms with E-state index in [0.29, 0.717) is 12.0 Å². The molecule has 2 heterocycles. The zero-order valence-corrected chi connectivity index (χ0v) is 14.5. The Morgan fingerprint density at radius 1 is 1.25 bits per heavy atom. The molecule has 2 aliphatic rings. The zero-order chi connectivity index (χ0) is 16.9. The van der Waals surface area contributed by atoms with E-state index < -0.39 is 0 Å². The Morgan fingerprint density at radius 2 is 1.96 bits per heavy atom. The molecule has 0 aromatic heterocycles. The summed E-state index contributed by atoms with van der Waals surface area (Å²) in [6, 6.07) is 11.3. The number of amides is 2. The fourth-order valence-corrected chi connectivity index (χ4v) is 3.83. The smallest absolute Gasteiger partial charge is 0.317 e. The van der Waals surface area contributed by atoms with E-state index in [-0.39, 0.29) is 18.7 Å². The molecule has 5 heteroatoms. The van der Waals surface area contributed by atoms with Gasteiger partial charge in [-0.15, -0.1) is 0 Å². The van der Waals surface area contributed by atoms with Gasteiger partial charge in [0.15, 0.2) is 0 Å². The zero-order valence-electron chi connectivity index (χ0n) is 14.5. The van der Waals surface area contributed by atoms with Crippen LogP contribution >= 0.6 is 0 Å². The number of nitrogens with zero attached hydrogens (tertiary/aromatic N) is 2. The lowest BCUT2D eigenvalue weighted by Gasteiger charge is -2.32. The van der Waals surface area contributed by atoms with Gasteiger partial charge in [-0.1, -0.05) is 30.3 Å². The molecule has 0 radical (unpaired) electrons. The third-order valence-electron chi connectivity index (χ3n) is 5.42. The maximum Gasteiger partial charge on any atom is 0.317 e. The van der Waals surface area contributed by atoms with Gasteiger partial charge in [-0.25, -0.2) is 4.79 Å². The topological polar surface area (TPSA) is 55.8 Å². The molecule has 0 spiro atoms. The molecule has 24 heavy (non-hydrogen) atoms.